The molecule has 20 heavy (non-hydrogen) atoms. The second-order valence-electron chi connectivity index (χ2n) is 5.91. The maximum atomic E-state index is 12.4. The van der Waals surface area contributed by atoms with Gasteiger partial charge in [-0.2, -0.15) is 11.3 Å². The predicted octanol–water partition coefficient (Wildman–Crippen LogP) is 2.13. The third-order valence-corrected chi connectivity index (χ3v) is 5.59. The molecule has 4 nitrogen and oxygen atoms in total. The molecule has 5 heteroatoms. The molecule has 1 saturated heterocycles. The summed E-state index contributed by atoms with van der Waals surface area (Å²) in [6.07, 6.45) is 4.08. The minimum Gasteiger partial charge on any atom is -0.359 e. The Morgan fingerprint density at radius 2 is 2.30 bits per heavy atom. The molecule has 2 atom stereocenters. The Labute approximate surface area is 123 Å². The second kappa shape index (κ2) is 5.20. The van der Waals surface area contributed by atoms with Crippen molar-refractivity contribution < 1.29 is 9.59 Å². The topological polar surface area (TPSA) is 49.4 Å². The molecule has 1 aliphatic carbocycles. The van der Waals surface area contributed by atoms with E-state index < -0.39 is 0 Å². The van der Waals surface area contributed by atoms with Crippen molar-refractivity contribution in [3.63, 3.8) is 0 Å². The van der Waals surface area contributed by atoms with E-state index in [-0.39, 0.29) is 23.1 Å². The molecular weight excluding hydrogens is 272 g/mol. The SMILES string of the molecule is CNC(=O)[C@@H]1CCC[C@@]12CCN(C(=O)c1ccsc1)C2. The number of nitrogens with one attached hydrogen (secondary N) is 1. The van der Waals surface area contributed by atoms with Gasteiger partial charge < -0.3 is 10.2 Å². The molecule has 2 fully saturated rings. The van der Waals surface area contributed by atoms with Crippen molar-refractivity contribution in [2.24, 2.45) is 11.3 Å². The fourth-order valence-corrected chi connectivity index (χ4v) is 4.48. The summed E-state index contributed by atoms with van der Waals surface area (Å²) in [6.45, 7) is 1.52. The molecule has 2 aliphatic rings. The van der Waals surface area contributed by atoms with E-state index in [0.29, 0.717) is 0 Å². The summed E-state index contributed by atoms with van der Waals surface area (Å²) in [6, 6.07) is 1.88. The van der Waals surface area contributed by atoms with Crippen LogP contribution in [0.5, 0.6) is 0 Å². The average Bonchev–Trinajstić information content (AvgIpc) is 3.19. The lowest BCUT2D eigenvalue weighted by Crippen LogP contribution is -2.40. The highest BCUT2D eigenvalue weighted by Gasteiger charge is 2.51. The van der Waals surface area contributed by atoms with Crippen LogP contribution in [0.15, 0.2) is 16.8 Å². The van der Waals surface area contributed by atoms with E-state index in [1.807, 2.05) is 21.7 Å². The van der Waals surface area contributed by atoms with E-state index >= 15 is 0 Å². The minimum absolute atomic E-state index is 0.0196. The van der Waals surface area contributed by atoms with Gasteiger partial charge in [0.2, 0.25) is 5.91 Å². The van der Waals surface area contributed by atoms with Crippen LogP contribution in [-0.4, -0.2) is 36.9 Å². The lowest BCUT2D eigenvalue weighted by atomic mass is 9.76. The van der Waals surface area contributed by atoms with Gasteiger partial charge in [-0.3, -0.25) is 9.59 Å². The molecular formula is C15H20N2O2S. The minimum atomic E-state index is 0.0196. The Bertz CT molecular complexity index is 514. The highest BCUT2D eigenvalue weighted by molar-refractivity contribution is 7.08. The third-order valence-electron chi connectivity index (χ3n) is 4.91. The van der Waals surface area contributed by atoms with Crippen LogP contribution in [0.3, 0.4) is 0 Å². The summed E-state index contributed by atoms with van der Waals surface area (Å²) < 4.78 is 0. The third kappa shape index (κ3) is 2.14. The van der Waals surface area contributed by atoms with Gasteiger partial charge in [-0.05, 0) is 30.7 Å². The Kier molecular flexibility index (Phi) is 3.54. The van der Waals surface area contributed by atoms with Gasteiger partial charge >= 0.3 is 0 Å². The first-order chi connectivity index (χ1) is 9.66. The van der Waals surface area contributed by atoms with Crippen molar-refractivity contribution >= 4 is 23.2 Å². The molecule has 0 unspecified atom stereocenters. The van der Waals surface area contributed by atoms with Crippen molar-refractivity contribution in [2.45, 2.75) is 25.7 Å². The molecule has 0 bridgehead atoms. The average molecular weight is 292 g/mol. The Hall–Kier alpha value is -1.36. The molecule has 1 saturated carbocycles. The van der Waals surface area contributed by atoms with E-state index in [0.717, 1.165) is 44.3 Å². The van der Waals surface area contributed by atoms with E-state index in [1.54, 1.807) is 18.4 Å². The lowest BCUT2D eigenvalue weighted by Gasteiger charge is -2.30. The number of rotatable bonds is 2. The van der Waals surface area contributed by atoms with Crippen LogP contribution in [0.25, 0.3) is 0 Å². The Morgan fingerprint density at radius 1 is 1.45 bits per heavy atom. The van der Waals surface area contributed by atoms with E-state index in [9.17, 15) is 9.59 Å². The van der Waals surface area contributed by atoms with Gasteiger partial charge in [-0.25, -0.2) is 0 Å². The summed E-state index contributed by atoms with van der Waals surface area (Å²) in [5, 5.41) is 6.62. The molecule has 2 amide bonds. The number of amides is 2. The Morgan fingerprint density at radius 3 is 3.00 bits per heavy atom. The first-order valence-electron chi connectivity index (χ1n) is 7.19. The molecule has 1 aromatic heterocycles. The van der Waals surface area contributed by atoms with E-state index in [4.69, 9.17) is 0 Å². The predicted molar refractivity (Wildman–Crippen MR) is 78.7 cm³/mol. The summed E-state index contributed by atoms with van der Waals surface area (Å²) in [5.41, 5.74) is 0.799. The van der Waals surface area contributed by atoms with Crippen molar-refractivity contribution in [3.8, 4) is 0 Å². The van der Waals surface area contributed by atoms with Crippen LogP contribution >= 0.6 is 11.3 Å². The zero-order valence-corrected chi connectivity index (χ0v) is 12.5. The van der Waals surface area contributed by atoms with Crippen molar-refractivity contribution in [3.05, 3.63) is 22.4 Å². The largest absolute Gasteiger partial charge is 0.359 e. The van der Waals surface area contributed by atoms with E-state index in [1.165, 1.54) is 0 Å². The number of nitrogens with zero attached hydrogens (tertiary/aromatic N) is 1. The number of hydrogen-bond acceptors (Lipinski definition) is 3. The normalized spacial score (nSPS) is 29.1. The molecule has 1 aliphatic heterocycles. The fraction of sp³-hybridized carbons (Fsp3) is 0.600. The smallest absolute Gasteiger partial charge is 0.254 e. The highest BCUT2D eigenvalue weighted by Crippen LogP contribution is 2.50. The monoisotopic (exact) mass is 292 g/mol. The van der Waals surface area contributed by atoms with Gasteiger partial charge in [0.05, 0.1) is 5.56 Å². The number of carbonyl (C=O) groups excluding carboxylic acids is 2. The van der Waals surface area contributed by atoms with Gasteiger partial charge in [0.25, 0.3) is 5.91 Å². The van der Waals surface area contributed by atoms with Crippen LogP contribution in [0.4, 0.5) is 0 Å². The number of hydrogen-bond donors (Lipinski definition) is 1. The number of likely N-dealkylation sites (tertiary alicyclic amines) is 1. The molecule has 2 heterocycles. The van der Waals surface area contributed by atoms with Crippen LogP contribution in [0.1, 0.15) is 36.0 Å². The zero-order chi connectivity index (χ0) is 14.2. The van der Waals surface area contributed by atoms with Crippen molar-refractivity contribution in [1.29, 1.82) is 0 Å². The first kappa shape index (κ1) is 13.6. The summed E-state index contributed by atoms with van der Waals surface area (Å²) in [4.78, 5) is 26.4. The quantitative estimate of drug-likeness (QED) is 0.908. The van der Waals surface area contributed by atoms with Gasteiger partial charge in [0.1, 0.15) is 0 Å². The summed E-state index contributed by atoms with van der Waals surface area (Å²) in [7, 11) is 1.71. The van der Waals surface area contributed by atoms with Crippen LogP contribution in [0.2, 0.25) is 0 Å². The molecule has 0 radical (unpaired) electrons. The van der Waals surface area contributed by atoms with Gasteiger partial charge in [0, 0.05) is 36.9 Å². The van der Waals surface area contributed by atoms with Crippen LogP contribution in [0, 0.1) is 11.3 Å². The maximum absolute atomic E-state index is 12.4. The summed E-state index contributed by atoms with van der Waals surface area (Å²) >= 11 is 1.55. The van der Waals surface area contributed by atoms with Gasteiger partial charge in [0.15, 0.2) is 0 Å². The molecule has 1 N–H and O–H groups in total. The van der Waals surface area contributed by atoms with Crippen LogP contribution in [-0.2, 0) is 4.79 Å². The standard InChI is InChI=1S/C15H20N2O2S/c1-16-13(18)12-3-2-5-15(12)6-7-17(10-15)14(19)11-4-8-20-9-11/h4,8-9,12H,2-3,5-7,10H2,1H3,(H,16,18)/t12-,15-/m0/s1. The van der Waals surface area contributed by atoms with Gasteiger partial charge in [-0.1, -0.05) is 6.42 Å². The van der Waals surface area contributed by atoms with E-state index in [2.05, 4.69) is 5.32 Å². The molecule has 3 rings (SSSR count). The lowest BCUT2D eigenvalue weighted by molar-refractivity contribution is -0.127. The van der Waals surface area contributed by atoms with Crippen molar-refractivity contribution in [2.75, 3.05) is 20.1 Å². The number of carbonyl (C=O) groups is 2. The first-order valence-corrected chi connectivity index (χ1v) is 8.14. The molecule has 0 aromatic carbocycles. The van der Waals surface area contributed by atoms with Crippen molar-refractivity contribution in [1.82, 2.24) is 10.2 Å². The Balaban J connectivity index is 1.75. The highest BCUT2D eigenvalue weighted by atomic mass is 32.1. The number of thiophene rings is 1. The molecule has 1 aromatic rings. The zero-order valence-electron chi connectivity index (χ0n) is 11.7. The maximum Gasteiger partial charge on any atom is 0.254 e. The molecule has 1 spiro atoms. The molecule has 108 valence electrons. The fourth-order valence-electron chi connectivity index (χ4n) is 3.85. The van der Waals surface area contributed by atoms with Crippen LogP contribution < -0.4 is 5.32 Å². The van der Waals surface area contributed by atoms with Gasteiger partial charge in [-0.15, -0.1) is 0 Å². The second-order valence-corrected chi connectivity index (χ2v) is 6.69. The summed E-state index contributed by atoms with van der Waals surface area (Å²) in [5.74, 6) is 0.339.